The number of likely N-dealkylation sites (N-methyl/N-ethyl adjacent to an activating group) is 1. The first-order valence-electron chi connectivity index (χ1n) is 6.93. The number of halogens is 1. The van der Waals surface area contributed by atoms with Gasteiger partial charge in [-0.15, -0.1) is 0 Å². The Kier molecular flexibility index (Phi) is 5.72. The molecule has 0 aromatic heterocycles. The van der Waals surface area contributed by atoms with Gasteiger partial charge in [-0.2, -0.15) is 0 Å². The summed E-state index contributed by atoms with van der Waals surface area (Å²) in [5.41, 5.74) is 0.621. The summed E-state index contributed by atoms with van der Waals surface area (Å²) in [5, 5.41) is 9.97. The van der Waals surface area contributed by atoms with E-state index in [0.29, 0.717) is 18.7 Å². The fourth-order valence-corrected chi connectivity index (χ4v) is 2.10. The molecule has 0 amide bonds. The molecule has 4 heteroatoms. The lowest BCUT2D eigenvalue weighted by Gasteiger charge is -2.21. The Morgan fingerprint density at radius 2 is 1.76 bits per heavy atom. The topological polar surface area (TPSA) is 32.7 Å². The molecule has 0 fully saturated rings. The lowest BCUT2D eigenvalue weighted by Crippen LogP contribution is -2.33. The number of benzene rings is 2. The molecule has 3 nitrogen and oxygen atoms in total. The molecule has 0 aliphatic rings. The minimum atomic E-state index is -0.623. The van der Waals surface area contributed by atoms with E-state index in [1.165, 1.54) is 6.07 Å². The van der Waals surface area contributed by atoms with Crippen molar-refractivity contribution in [2.24, 2.45) is 0 Å². The predicted molar refractivity (Wildman–Crippen MR) is 80.7 cm³/mol. The molecule has 112 valence electrons. The third-order valence-electron chi connectivity index (χ3n) is 3.11. The van der Waals surface area contributed by atoms with E-state index in [1.807, 2.05) is 42.3 Å². The number of aliphatic hydroxyl groups excluding tert-OH is 1. The van der Waals surface area contributed by atoms with Crippen molar-refractivity contribution in [3.8, 4) is 5.75 Å². The van der Waals surface area contributed by atoms with Crippen LogP contribution in [0.1, 0.15) is 5.56 Å². The molecule has 1 unspecified atom stereocenters. The van der Waals surface area contributed by atoms with E-state index in [4.69, 9.17) is 4.74 Å². The molecule has 2 rings (SSSR count). The third-order valence-corrected chi connectivity index (χ3v) is 3.11. The van der Waals surface area contributed by atoms with E-state index in [9.17, 15) is 9.50 Å². The van der Waals surface area contributed by atoms with Gasteiger partial charge < -0.3 is 9.84 Å². The van der Waals surface area contributed by atoms with Crippen LogP contribution in [0.4, 0.5) is 4.39 Å². The highest BCUT2D eigenvalue weighted by molar-refractivity contribution is 5.21. The lowest BCUT2D eigenvalue weighted by molar-refractivity contribution is 0.0741. The average Bonchev–Trinajstić information content (AvgIpc) is 2.48. The Hall–Kier alpha value is -1.91. The van der Waals surface area contributed by atoms with Gasteiger partial charge in [-0.05, 0) is 25.2 Å². The van der Waals surface area contributed by atoms with Gasteiger partial charge in [0, 0.05) is 18.7 Å². The fraction of sp³-hybridized carbons (Fsp3) is 0.294. The summed E-state index contributed by atoms with van der Waals surface area (Å²) in [6.45, 7) is 1.09. The van der Waals surface area contributed by atoms with E-state index in [2.05, 4.69) is 0 Å². The summed E-state index contributed by atoms with van der Waals surface area (Å²) in [5.74, 6) is 0.507. The molecule has 2 aromatic carbocycles. The van der Waals surface area contributed by atoms with Crippen molar-refractivity contribution < 1.29 is 14.2 Å². The summed E-state index contributed by atoms with van der Waals surface area (Å²) in [4.78, 5) is 1.87. The Morgan fingerprint density at radius 3 is 2.48 bits per heavy atom. The highest BCUT2D eigenvalue weighted by atomic mass is 19.1. The molecule has 0 saturated carbocycles. The maximum atomic E-state index is 13.5. The number of hydrogen-bond donors (Lipinski definition) is 1. The molecule has 0 saturated heterocycles. The number of para-hydroxylation sites is 1. The minimum Gasteiger partial charge on any atom is -0.491 e. The van der Waals surface area contributed by atoms with E-state index in [0.717, 1.165) is 5.75 Å². The van der Waals surface area contributed by atoms with Crippen LogP contribution in [0.15, 0.2) is 54.6 Å². The van der Waals surface area contributed by atoms with Gasteiger partial charge in [0.2, 0.25) is 0 Å². The van der Waals surface area contributed by atoms with Crippen LogP contribution < -0.4 is 4.74 Å². The van der Waals surface area contributed by atoms with E-state index in [1.54, 1.807) is 18.2 Å². The van der Waals surface area contributed by atoms with Crippen LogP contribution in [0.2, 0.25) is 0 Å². The van der Waals surface area contributed by atoms with Crippen LogP contribution in [-0.4, -0.2) is 36.3 Å². The largest absolute Gasteiger partial charge is 0.491 e. The maximum Gasteiger partial charge on any atom is 0.127 e. The number of nitrogens with zero attached hydrogens (tertiary/aromatic N) is 1. The first kappa shape index (κ1) is 15.5. The highest BCUT2D eigenvalue weighted by Gasteiger charge is 2.11. The maximum absolute atomic E-state index is 13.5. The number of hydrogen-bond acceptors (Lipinski definition) is 3. The van der Waals surface area contributed by atoms with Gasteiger partial charge in [0.05, 0.1) is 0 Å². The zero-order valence-electron chi connectivity index (χ0n) is 12.1. The molecule has 0 bridgehead atoms. The van der Waals surface area contributed by atoms with E-state index < -0.39 is 6.10 Å². The van der Waals surface area contributed by atoms with Gasteiger partial charge in [0.1, 0.15) is 24.3 Å². The van der Waals surface area contributed by atoms with E-state index >= 15 is 0 Å². The Labute approximate surface area is 124 Å². The molecule has 0 aliphatic carbocycles. The molecule has 1 N–H and O–H groups in total. The molecule has 0 spiro atoms. The molecular weight excluding hydrogens is 269 g/mol. The van der Waals surface area contributed by atoms with Crippen molar-refractivity contribution in [2.75, 3.05) is 20.2 Å². The van der Waals surface area contributed by atoms with Crippen molar-refractivity contribution in [1.29, 1.82) is 0 Å². The van der Waals surface area contributed by atoms with Gasteiger partial charge >= 0.3 is 0 Å². The first-order chi connectivity index (χ1) is 10.1. The molecule has 0 radical (unpaired) electrons. The summed E-state index contributed by atoms with van der Waals surface area (Å²) in [7, 11) is 1.85. The highest BCUT2D eigenvalue weighted by Crippen LogP contribution is 2.11. The molecule has 2 aromatic rings. The second kappa shape index (κ2) is 7.76. The zero-order valence-corrected chi connectivity index (χ0v) is 12.1. The summed E-state index contributed by atoms with van der Waals surface area (Å²) in [6.07, 6.45) is -0.623. The van der Waals surface area contributed by atoms with Gasteiger partial charge in [-0.1, -0.05) is 36.4 Å². The first-order valence-corrected chi connectivity index (χ1v) is 6.93. The third kappa shape index (κ3) is 5.17. The van der Waals surface area contributed by atoms with Crippen molar-refractivity contribution >= 4 is 0 Å². The minimum absolute atomic E-state index is 0.214. The smallest absolute Gasteiger partial charge is 0.127 e. The quantitative estimate of drug-likeness (QED) is 0.850. The molecule has 21 heavy (non-hydrogen) atoms. The van der Waals surface area contributed by atoms with Gasteiger partial charge in [0.25, 0.3) is 0 Å². The Balaban J connectivity index is 1.77. The van der Waals surface area contributed by atoms with Crippen LogP contribution in [0.5, 0.6) is 5.75 Å². The van der Waals surface area contributed by atoms with Crippen molar-refractivity contribution in [1.82, 2.24) is 4.90 Å². The number of aliphatic hydroxyl groups is 1. The van der Waals surface area contributed by atoms with Gasteiger partial charge in [0.15, 0.2) is 0 Å². The number of ether oxygens (including phenoxy) is 1. The van der Waals surface area contributed by atoms with Crippen LogP contribution in [0, 0.1) is 5.82 Å². The summed E-state index contributed by atoms with van der Waals surface area (Å²) in [6, 6.07) is 16.0. The van der Waals surface area contributed by atoms with Gasteiger partial charge in [-0.25, -0.2) is 4.39 Å². The summed E-state index contributed by atoms with van der Waals surface area (Å²) < 4.78 is 19.0. The standard InChI is InChI=1S/C17H20FNO2/c1-19(11-14-7-5-6-10-17(14)18)12-15(20)13-21-16-8-3-2-4-9-16/h2-10,15,20H,11-13H2,1H3. The zero-order chi connectivity index (χ0) is 15.1. The normalized spacial score (nSPS) is 12.4. The Bertz CT molecular complexity index is 547. The van der Waals surface area contributed by atoms with Gasteiger partial charge in [-0.3, -0.25) is 4.90 Å². The van der Waals surface area contributed by atoms with E-state index in [-0.39, 0.29) is 12.4 Å². The second-order valence-electron chi connectivity index (χ2n) is 5.07. The van der Waals surface area contributed by atoms with Crippen molar-refractivity contribution in [2.45, 2.75) is 12.6 Å². The van der Waals surface area contributed by atoms with Crippen LogP contribution >= 0.6 is 0 Å². The summed E-state index contributed by atoms with van der Waals surface area (Å²) >= 11 is 0. The molecule has 0 aliphatic heterocycles. The molecule has 0 heterocycles. The average molecular weight is 289 g/mol. The molecule has 1 atom stereocenters. The van der Waals surface area contributed by atoms with Crippen LogP contribution in [0.3, 0.4) is 0 Å². The fourth-order valence-electron chi connectivity index (χ4n) is 2.10. The van der Waals surface area contributed by atoms with Crippen LogP contribution in [0.25, 0.3) is 0 Å². The number of rotatable bonds is 7. The van der Waals surface area contributed by atoms with Crippen LogP contribution in [-0.2, 0) is 6.54 Å². The monoisotopic (exact) mass is 289 g/mol. The second-order valence-corrected chi connectivity index (χ2v) is 5.07. The van der Waals surface area contributed by atoms with Crippen molar-refractivity contribution in [3.05, 3.63) is 66.0 Å². The Morgan fingerprint density at radius 1 is 1.10 bits per heavy atom. The van der Waals surface area contributed by atoms with Crippen molar-refractivity contribution in [3.63, 3.8) is 0 Å². The predicted octanol–water partition coefficient (Wildman–Crippen LogP) is 2.70. The molecular formula is C17H20FNO2. The lowest BCUT2D eigenvalue weighted by atomic mass is 10.2. The SMILES string of the molecule is CN(Cc1ccccc1F)CC(O)COc1ccccc1.